The van der Waals surface area contributed by atoms with Crippen LogP contribution in [0, 0.1) is 0 Å². The molecule has 4 N–H and O–H groups in total. The summed E-state index contributed by atoms with van der Waals surface area (Å²) in [5.74, 6) is -0.144. The molecule has 0 saturated heterocycles. The van der Waals surface area contributed by atoms with E-state index in [1.54, 1.807) is 24.3 Å². The van der Waals surface area contributed by atoms with Crippen molar-refractivity contribution in [2.75, 3.05) is 0 Å². The maximum atomic E-state index is 11.7. The van der Waals surface area contributed by atoms with Gasteiger partial charge in [-0.15, -0.1) is 0 Å². The van der Waals surface area contributed by atoms with Crippen molar-refractivity contribution in [2.24, 2.45) is 10.2 Å². The van der Waals surface area contributed by atoms with Gasteiger partial charge in [0.05, 0.1) is 12.4 Å². The molecule has 8 heteroatoms. The van der Waals surface area contributed by atoms with Crippen LogP contribution in [0.4, 0.5) is 0 Å². The van der Waals surface area contributed by atoms with Crippen LogP contribution in [0.5, 0.6) is 11.5 Å². The molecule has 0 heterocycles. The Balaban J connectivity index is 1.57. The molecule has 0 unspecified atom stereocenters. The summed E-state index contributed by atoms with van der Waals surface area (Å²) in [6, 6.07) is 12.8. The van der Waals surface area contributed by atoms with Gasteiger partial charge in [0.1, 0.15) is 11.5 Å². The Kier molecular flexibility index (Phi) is 8.19. The van der Waals surface area contributed by atoms with Gasteiger partial charge >= 0.3 is 0 Å². The molecule has 28 heavy (non-hydrogen) atoms. The monoisotopic (exact) mass is 382 g/mol. The average molecular weight is 382 g/mol. The first kappa shape index (κ1) is 20.6. The van der Waals surface area contributed by atoms with Gasteiger partial charge in [0.2, 0.25) is 11.8 Å². The van der Waals surface area contributed by atoms with Crippen LogP contribution in [-0.4, -0.2) is 34.5 Å². The van der Waals surface area contributed by atoms with Gasteiger partial charge in [-0.25, -0.2) is 10.9 Å². The first-order valence-electron chi connectivity index (χ1n) is 8.75. The van der Waals surface area contributed by atoms with Crippen LogP contribution in [0.25, 0.3) is 0 Å². The summed E-state index contributed by atoms with van der Waals surface area (Å²) in [5, 5.41) is 26.0. The van der Waals surface area contributed by atoms with E-state index in [9.17, 15) is 19.8 Å². The number of phenolic OH excluding ortho intramolecular Hbond substituents is 2. The van der Waals surface area contributed by atoms with Gasteiger partial charge < -0.3 is 10.2 Å². The number of hydrogen-bond acceptors (Lipinski definition) is 6. The number of nitrogens with zero attached hydrogens (tertiary/aromatic N) is 2. The zero-order chi connectivity index (χ0) is 20.2. The molecule has 2 aromatic rings. The van der Waals surface area contributed by atoms with Crippen molar-refractivity contribution in [3.63, 3.8) is 0 Å². The molecule has 0 aliphatic carbocycles. The smallest absolute Gasteiger partial charge is 0.240 e. The summed E-state index contributed by atoms with van der Waals surface area (Å²) in [6.07, 6.45) is 4.59. The highest BCUT2D eigenvalue weighted by molar-refractivity contribution is 5.83. The number of rotatable bonds is 9. The van der Waals surface area contributed by atoms with Crippen LogP contribution in [0.15, 0.2) is 58.7 Å². The molecular weight excluding hydrogens is 360 g/mol. The lowest BCUT2D eigenvalue weighted by molar-refractivity contribution is -0.123. The Morgan fingerprint density at radius 3 is 1.43 bits per heavy atom. The third-order valence-corrected chi connectivity index (χ3v) is 3.65. The Morgan fingerprint density at radius 2 is 1.07 bits per heavy atom. The number of benzene rings is 2. The van der Waals surface area contributed by atoms with Crippen LogP contribution in [0.2, 0.25) is 0 Å². The van der Waals surface area contributed by atoms with Gasteiger partial charge in [-0.3, -0.25) is 9.59 Å². The predicted molar refractivity (Wildman–Crippen MR) is 106 cm³/mol. The first-order chi connectivity index (χ1) is 13.5. The molecule has 0 radical (unpaired) electrons. The molecule has 0 spiro atoms. The maximum Gasteiger partial charge on any atom is 0.240 e. The molecule has 2 rings (SSSR count). The van der Waals surface area contributed by atoms with Crippen molar-refractivity contribution in [1.29, 1.82) is 0 Å². The second-order valence-electron chi connectivity index (χ2n) is 5.98. The Labute approximate surface area is 162 Å². The van der Waals surface area contributed by atoms with Crippen LogP contribution in [0.1, 0.15) is 36.8 Å². The highest BCUT2D eigenvalue weighted by Gasteiger charge is 2.03. The molecule has 0 fully saturated rings. The lowest BCUT2D eigenvalue weighted by Crippen LogP contribution is -2.19. The van der Waals surface area contributed by atoms with Gasteiger partial charge in [0, 0.05) is 12.8 Å². The van der Waals surface area contributed by atoms with Crippen LogP contribution in [0.3, 0.4) is 0 Å². The van der Waals surface area contributed by atoms with E-state index in [0.29, 0.717) is 12.8 Å². The van der Waals surface area contributed by atoms with Crippen molar-refractivity contribution in [3.05, 3.63) is 59.7 Å². The standard InChI is InChI=1S/C20H22N4O4/c25-17-9-5-15(6-10-17)13-21-23-19(27)3-1-2-4-20(28)24-22-14-16-7-11-18(26)12-8-16/h5-14,25-26H,1-4H2,(H,23,27)(H,24,28)/b21-13-,22-14-. The second kappa shape index (κ2) is 11.1. The van der Waals surface area contributed by atoms with Crippen molar-refractivity contribution < 1.29 is 19.8 Å². The zero-order valence-corrected chi connectivity index (χ0v) is 15.2. The maximum absolute atomic E-state index is 11.7. The predicted octanol–water partition coefficient (Wildman–Crippen LogP) is 2.26. The number of amides is 2. The summed E-state index contributed by atoms with van der Waals surface area (Å²) in [4.78, 5) is 23.4. The highest BCUT2D eigenvalue weighted by atomic mass is 16.3. The van der Waals surface area contributed by atoms with Crippen molar-refractivity contribution in [2.45, 2.75) is 25.7 Å². The Morgan fingerprint density at radius 1 is 0.714 bits per heavy atom. The minimum Gasteiger partial charge on any atom is -0.508 e. The second-order valence-corrected chi connectivity index (χ2v) is 5.98. The normalized spacial score (nSPS) is 11.0. The van der Waals surface area contributed by atoms with Crippen molar-refractivity contribution >= 4 is 24.2 Å². The summed E-state index contributed by atoms with van der Waals surface area (Å²) < 4.78 is 0. The fourth-order valence-electron chi connectivity index (χ4n) is 2.16. The van der Waals surface area contributed by atoms with Gasteiger partial charge in [0.25, 0.3) is 0 Å². The quantitative estimate of drug-likeness (QED) is 0.302. The number of carbonyl (C=O) groups excluding carboxylic acids is 2. The molecule has 0 bridgehead atoms. The molecule has 0 atom stereocenters. The third kappa shape index (κ3) is 8.13. The molecule has 0 aliphatic heterocycles. The topological polar surface area (TPSA) is 123 Å². The number of phenols is 2. The number of hydrazone groups is 2. The zero-order valence-electron chi connectivity index (χ0n) is 15.2. The molecule has 8 nitrogen and oxygen atoms in total. The van der Waals surface area contributed by atoms with E-state index in [0.717, 1.165) is 11.1 Å². The minimum atomic E-state index is -0.235. The Bertz CT molecular complexity index is 759. The van der Waals surface area contributed by atoms with E-state index < -0.39 is 0 Å². The van der Waals surface area contributed by atoms with Gasteiger partial charge in [0.15, 0.2) is 0 Å². The number of hydrogen-bond donors (Lipinski definition) is 4. The molecule has 0 aromatic heterocycles. The van der Waals surface area contributed by atoms with Crippen LogP contribution < -0.4 is 10.9 Å². The molecule has 2 amide bonds. The van der Waals surface area contributed by atoms with Crippen molar-refractivity contribution in [1.82, 2.24) is 10.9 Å². The first-order valence-corrected chi connectivity index (χ1v) is 8.75. The third-order valence-electron chi connectivity index (χ3n) is 3.65. The van der Waals surface area contributed by atoms with E-state index in [1.165, 1.54) is 36.7 Å². The van der Waals surface area contributed by atoms with E-state index >= 15 is 0 Å². The molecule has 0 aliphatic rings. The number of carbonyl (C=O) groups is 2. The highest BCUT2D eigenvalue weighted by Crippen LogP contribution is 2.08. The fraction of sp³-hybridized carbons (Fsp3) is 0.200. The Hall–Kier alpha value is -3.68. The average Bonchev–Trinajstić information content (AvgIpc) is 2.68. The van der Waals surface area contributed by atoms with E-state index in [-0.39, 0.29) is 36.2 Å². The van der Waals surface area contributed by atoms with Gasteiger partial charge in [-0.1, -0.05) is 0 Å². The lowest BCUT2D eigenvalue weighted by Gasteiger charge is -2.01. The van der Waals surface area contributed by atoms with Crippen LogP contribution >= 0.6 is 0 Å². The fourth-order valence-corrected chi connectivity index (χ4v) is 2.16. The largest absolute Gasteiger partial charge is 0.508 e. The summed E-state index contributed by atoms with van der Waals surface area (Å²) in [6.45, 7) is 0. The number of aromatic hydroxyl groups is 2. The van der Waals surface area contributed by atoms with Gasteiger partial charge in [-0.05, 0) is 72.5 Å². The van der Waals surface area contributed by atoms with E-state index in [4.69, 9.17) is 0 Å². The number of nitrogens with one attached hydrogen (secondary N) is 2. The van der Waals surface area contributed by atoms with Crippen LogP contribution in [-0.2, 0) is 9.59 Å². The molecule has 0 saturated carbocycles. The molecule has 2 aromatic carbocycles. The summed E-state index contributed by atoms with van der Waals surface area (Å²) in [5.41, 5.74) is 6.34. The summed E-state index contributed by atoms with van der Waals surface area (Å²) >= 11 is 0. The number of unbranched alkanes of at least 4 members (excludes halogenated alkanes) is 1. The van der Waals surface area contributed by atoms with E-state index in [2.05, 4.69) is 21.1 Å². The SMILES string of the molecule is O=C(CCCCC(=O)N/N=C\c1ccc(O)cc1)N/N=C\c1ccc(O)cc1. The van der Waals surface area contributed by atoms with Crippen molar-refractivity contribution in [3.8, 4) is 11.5 Å². The molecular formula is C20H22N4O4. The minimum absolute atomic E-state index is 0.163. The van der Waals surface area contributed by atoms with Gasteiger partial charge in [-0.2, -0.15) is 10.2 Å². The lowest BCUT2D eigenvalue weighted by atomic mass is 10.2. The molecule has 146 valence electrons. The summed E-state index contributed by atoms with van der Waals surface area (Å²) in [7, 11) is 0. The van der Waals surface area contributed by atoms with E-state index in [1.807, 2.05) is 0 Å².